The van der Waals surface area contributed by atoms with Crippen LogP contribution in [0.25, 0.3) is 16.9 Å². The number of pyridine rings is 1. The predicted molar refractivity (Wildman–Crippen MR) is 85.5 cm³/mol. The van der Waals surface area contributed by atoms with Crippen molar-refractivity contribution in [1.82, 2.24) is 14.5 Å². The number of rotatable bonds is 2. The SMILES string of the molecule is CC(Cl)c1nc2cccnc2n1-c1cc(Br)ccc1C#N. The van der Waals surface area contributed by atoms with Gasteiger partial charge in [0.25, 0.3) is 0 Å². The molecule has 0 aliphatic carbocycles. The highest BCUT2D eigenvalue weighted by Gasteiger charge is 2.19. The van der Waals surface area contributed by atoms with Crippen LogP contribution in [0.5, 0.6) is 0 Å². The molecule has 0 saturated carbocycles. The van der Waals surface area contributed by atoms with Gasteiger partial charge in [0, 0.05) is 10.7 Å². The molecular weight excluding hydrogens is 352 g/mol. The van der Waals surface area contributed by atoms with E-state index in [-0.39, 0.29) is 5.38 Å². The van der Waals surface area contributed by atoms with E-state index in [0.29, 0.717) is 17.0 Å². The highest BCUT2D eigenvalue weighted by atomic mass is 79.9. The van der Waals surface area contributed by atoms with Crippen molar-refractivity contribution < 1.29 is 0 Å². The number of hydrogen-bond donors (Lipinski definition) is 0. The maximum absolute atomic E-state index is 9.36. The van der Waals surface area contributed by atoms with Gasteiger partial charge in [-0.3, -0.25) is 4.57 Å². The number of benzene rings is 1. The average Bonchev–Trinajstić information content (AvgIpc) is 2.86. The first kappa shape index (κ1) is 14.1. The molecule has 0 N–H and O–H groups in total. The zero-order valence-electron chi connectivity index (χ0n) is 11.1. The highest BCUT2D eigenvalue weighted by Crippen LogP contribution is 2.29. The molecule has 0 amide bonds. The molecule has 104 valence electrons. The number of imidazole rings is 1. The minimum Gasteiger partial charge on any atom is -0.278 e. The monoisotopic (exact) mass is 360 g/mol. The molecule has 6 heteroatoms. The number of hydrogen-bond acceptors (Lipinski definition) is 3. The van der Waals surface area contributed by atoms with E-state index in [0.717, 1.165) is 15.7 Å². The van der Waals surface area contributed by atoms with Crippen LogP contribution in [0.1, 0.15) is 23.7 Å². The summed E-state index contributed by atoms with van der Waals surface area (Å²) in [6, 6.07) is 11.4. The third-order valence-electron chi connectivity index (χ3n) is 3.12. The van der Waals surface area contributed by atoms with Gasteiger partial charge in [0.2, 0.25) is 0 Å². The first-order chi connectivity index (χ1) is 10.1. The summed E-state index contributed by atoms with van der Waals surface area (Å²) in [6.07, 6.45) is 1.70. The van der Waals surface area contributed by atoms with Crippen LogP contribution < -0.4 is 0 Å². The fourth-order valence-electron chi connectivity index (χ4n) is 2.22. The normalized spacial score (nSPS) is 12.3. The second-order valence-electron chi connectivity index (χ2n) is 4.54. The lowest BCUT2D eigenvalue weighted by Gasteiger charge is -2.12. The summed E-state index contributed by atoms with van der Waals surface area (Å²) in [5.41, 5.74) is 2.70. The van der Waals surface area contributed by atoms with E-state index in [1.54, 1.807) is 12.3 Å². The van der Waals surface area contributed by atoms with Crippen molar-refractivity contribution in [3.8, 4) is 11.8 Å². The summed E-state index contributed by atoms with van der Waals surface area (Å²) < 4.78 is 2.72. The average molecular weight is 362 g/mol. The highest BCUT2D eigenvalue weighted by molar-refractivity contribution is 9.10. The van der Waals surface area contributed by atoms with Gasteiger partial charge >= 0.3 is 0 Å². The van der Waals surface area contributed by atoms with Crippen LogP contribution in [0.2, 0.25) is 0 Å². The first-order valence-electron chi connectivity index (χ1n) is 6.29. The Kier molecular flexibility index (Phi) is 3.66. The van der Waals surface area contributed by atoms with E-state index in [1.807, 2.05) is 35.8 Å². The first-order valence-corrected chi connectivity index (χ1v) is 7.52. The summed E-state index contributed by atoms with van der Waals surface area (Å²) in [7, 11) is 0. The molecular formula is C15H10BrClN4. The largest absolute Gasteiger partial charge is 0.278 e. The zero-order chi connectivity index (χ0) is 15.0. The van der Waals surface area contributed by atoms with Gasteiger partial charge in [-0.25, -0.2) is 9.97 Å². The van der Waals surface area contributed by atoms with Crippen molar-refractivity contribution >= 4 is 38.7 Å². The molecule has 1 aromatic carbocycles. The van der Waals surface area contributed by atoms with Gasteiger partial charge in [-0.1, -0.05) is 15.9 Å². The Morgan fingerprint density at radius 2 is 2.19 bits per heavy atom. The van der Waals surface area contributed by atoms with Crippen molar-refractivity contribution in [2.75, 3.05) is 0 Å². The fourth-order valence-corrected chi connectivity index (χ4v) is 2.71. The number of halogens is 2. The Morgan fingerprint density at radius 1 is 1.38 bits per heavy atom. The van der Waals surface area contributed by atoms with Gasteiger partial charge in [-0.15, -0.1) is 11.6 Å². The van der Waals surface area contributed by atoms with Crippen LogP contribution in [0.15, 0.2) is 41.0 Å². The van der Waals surface area contributed by atoms with E-state index in [4.69, 9.17) is 11.6 Å². The Morgan fingerprint density at radius 3 is 2.90 bits per heavy atom. The van der Waals surface area contributed by atoms with Gasteiger partial charge in [-0.2, -0.15) is 5.26 Å². The van der Waals surface area contributed by atoms with Crippen LogP contribution in [0.4, 0.5) is 0 Å². The minimum atomic E-state index is -0.301. The van der Waals surface area contributed by atoms with Gasteiger partial charge in [0.15, 0.2) is 5.65 Å². The summed E-state index contributed by atoms with van der Waals surface area (Å²) in [5, 5.41) is 9.06. The zero-order valence-corrected chi connectivity index (χ0v) is 13.4. The maximum atomic E-state index is 9.36. The molecule has 0 saturated heterocycles. The standard InChI is InChI=1S/C15H10BrClN4/c1-9(17)14-20-12-3-2-6-19-15(12)21(14)13-7-11(16)5-4-10(13)8-18/h2-7,9H,1H3. The number of fused-ring (bicyclic) bond motifs is 1. The second kappa shape index (κ2) is 5.47. The lowest BCUT2D eigenvalue weighted by molar-refractivity contribution is 0.875. The van der Waals surface area contributed by atoms with E-state index < -0.39 is 0 Å². The van der Waals surface area contributed by atoms with E-state index in [1.165, 1.54) is 0 Å². The Labute approximate surface area is 135 Å². The van der Waals surface area contributed by atoms with Crippen molar-refractivity contribution in [2.24, 2.45) is 0 Å². The van der Waals surface area contributed by atoms with Crippen LogP contribution >= 0.6 is 27.5 Å². The molecule has 1 atom stereocenters. The van der Waals surface area contributed by atoms with Gasteiger partial charge in [0.1, 0.15) is 17.4 Å². The second-order valence-corrected chi connectivity index (χ2v) is 6.11. The van der Waals surface area contributed by atoms with Crippen LogP contribution in [0, 0.1) is 11.3 Å². The molecule has 1 unspecified atom stereocenters. The summed E-state index contributed by atoms with van der Waals surface area (Å²) in [5.74, 6) is 0.667. The molecule has 21 heavy (non-hydrogen) atoms. The summed E-state index contributed by atoms with van der Waals surface area (Å²) >= 11 is 9.70. The molecule has 2 aromatic heterocycles. The molecule has 4 nitrogen and oxygen atoms in total. The molecule has 0 spiro atoms. The minimum absolute atomic E-state index is 0.301. The number of aromatic nitrogens is 3. The van der Waals surface area contributed by atoms with Crippen molar-refractivity contribution in [2.45, 2.75) is 12.3 Å². The molecule has 0 aliphatic rings. The van der Waals surface area contributed by atoms with E-state index in [9.17, 15) is 5.26 Å². The van der Waals surface area contributed by atoms with Gasteiger partial charge in [-0.05, 0) is 37.3 Å². The van der Waals surface area contributed by atoms with E-state index in [2.05, 4.69) is 32.0 Å². The quantitative estimate of drug-likeness (QED) is 0.637. The van der Waals surface area contributed by atoms with Crippen LogP contribution in [-0.4, -0.2) is 14.5 Å². The van der Waals surface area contributed by atoms with Crippen LogP contribution in [-0.2, 0) is 0 Å². The Balaban J connectivity index is 2.42. The topological polar surface area (TPSA) is 54.5 Å². The third kappa shape index (κ3) is 2.41. The molecule has 0 fully saturated rings. The van der Waals surface area contributed by atoms with Crippen molar-refractivity contribution in [3.05, 3.63) is 52.4 Å². The molecule has 0 radical (unpaired) electrons. The van der Waals surface area contributed by atoms with Gasteiger partial charge in [0.05, 0.1) is 16.6 Å². The predicted octanol–water partition coefficient (Wildman–Crippen LogP) is 4.35. The van der Waals surface area contributed by atoms with Gasteiger partial charge < -0.3 is 0 Å². The Bertz CT molecular complexity index is 864. The number of nitriles is 1. The third-order valence-corrected chi connectivity index (χ3v) is 3.81. The maximum Gasteiger partial charge on any atom is 0.164 e. The van der Waals surface area contributed by atoms with Crippen molar-refractivity contribution in [3.63, 3.8) is 0 Å². The van der Waals surface area contributed by atoms with Crippen LogP contribution in [0.3, 0.4) is 0 Å². The lowest BCUT2D eigenvalue weighted by atomic mass is 10.2. The summed E-state index contributed by atoms with van der Waals surface area (Å²) in [4.78, 5) is 8.92. The molecule has 0 bridgehead atoms. The molecule has 2 heterocycles. The smallest absolute Gasteiger partial charge is 0.164 e. The number of alkyl halides is 1. The summed E-state index contributed by atoms with van der Waals surface area (Å²) in [6.45, 7) is 1.85. The number of nitrogens with zero attached hydrogens (tertiary/aromatic N) is 4. The Hall–Kier alpha value is -1.90. The molecule has 3 rings (SSSR count). The van der Waals surface area contributed by atoms with E-state index >= 15 is 0 Å². The van der Waals surface area contributed by atoms with Crippen molar-refractivity contribution in [1.29, 1.82) is 5.26 Å². The lowest BCUT2D eigenvalue weighted by Crippen LogP contribution is -2.04. The molecule has 0 aliphatic heterocycles. The fraction of sp³-hybridized carbons (Fsp3) is 0.133. The molecule has 3 aromatic rings.